The van der Waals surface area contributed by atoms with Crippen LogP contribution < -0.4 is 10.6 Å². The average molecular weight is 296 g/mol. The van der Waals surface area contributed by atoms with Crippen molar-refractivity contribution in [2.75, 3.05) is 18.4 Å². The summed E-state index contributed by atoms with van der Waals surface area (Å²) in [5.41, 5.74) is 3.34. The fraction of sp³-hybridized carbons (Fsp3) is 0.167. The average Bonchev–Trinajstić information content (AvgIpc) is 2.56. The molecule has 22 heavy (non-hydrogen) atoms. The minimum atomic E-state index is -0.232. The molecule has 1 heterocycles. The normalized spacial score (nSPS) is 12.9. The molecule has 0 unspecified atom stereocenters. The van der Waals surface area contributed by atoms with Gasteiger partial charge < -0.3 is 10.6 Å². The van der Waals surface area contributed by atoms with E-state index in [1.807, 2.05) is 30.3 Å². The van der Waals surface area contributed by atoms with E-state index in [1.54, 1.807) is 18.2 Å². The maximum Gasteiger partial charge on any atom is 0.249 e. The molecule has 0 spiro atoms. The summed E-state index contributed by atoms with van der Waals surface area (Å²) in [7, 11) is 0. The number of hydrogen-bond acceptors (Lipinski definition) is 2. The number of amides is 1. The third-order valence-corrected chi connectivity index (χ3v) is 3.69. The van der Waals surface area contributed by atoms with E-state index < -0.39 is 0 Å². The minimum absolute atomic E-state index is 0.113. The molecule has 0 saturated heterocycles. The standard InChI is InChI=1S/C18H17FN2O/c19-16-7-3-1-5-13(16)9-10-20-18(22)15-11-14-6-2-4-8-17(14)21-12-15/h1-8,11,21H,9-10,12H2,(H,20,22). The van der Waals surface area contributed by atoms with E-state index >= 15 is 0 Å². The van der Waals surface area contributed by atoms with Gasteiger partial charge in [0.2, 0.25) is 5.91 Å². The molecule has 1 amide bonds. The molecular weight excluding hydrogens is 279 g/mol. The number of halogens is 1. The zero-order valence-electron chi connectivity index (χ0n) is 12.1. The third kappa shape index (κ3) is 3.17. The van der Waals surface area contributed by atoms with E-state index in [4.69, 9.17) is 0 Å². The number of rotatable bonds is 4. The highest BCUT2D eigenvalue weighted by Gasteiger charge is 2.14. The van der Waals surface area contributed by atoms with Crippen LogP contribution >= 0.6 is 0 Å². The Morgan fingerprint density at radius 3 is 2.77 bits per heavy atom. The number of carbonyl (C=O) groups is 1. The molecule has 1 aliphatic heterocycles. The van der Waals surface area contributed by atoms with Crippen molar-refractivity contribution in [2.24, 2.45) is 0 Å². The molecule has 0 atom stereocenters. The monoisotopic (exact) mass is 296 g/mol. The maximum absolute atomic E-state index is 13.5. The summed E-state index contributed by atoms with van der Waals surface area (Å²) in [6, 6.07) is 14.5. The lowest BCUT2D eigenvalue weighted by atomic mass is 10.0. The van der Waals surface area contributed by atoms with E-state index in [1.165, 1.54) is 6.07 Å². The SMILES string of the molecule is O=C(NCCc1ccccc1F)C1=Cc2ccccc2NC1. The largest absolute Gasteiger partial charge is 0.380 e. The van der Waals surface area contributed by atoms with Crippen LogP contribution in [0.3, 0.4) is 0 Å². The quantitative estimate of drug-likeness (QED) is 0.910. The van der Waals surface area contributed by atoms with Gasteiger partial charge in [-0.2, -0.15) is 0 Å². The fourth-order valence-corrected chi connectivity index (χ4v) is 2.48. The highest BCUT2D eigenvalue weighted by Crippen LogP contribution is 2.22. The molecule has 0 radical (unpaired) electrons. The van der Waals surface area contributed by atoms with Gasteiger partial charge in [0, 0.05) is 24.4 Å². The molecule has 0 bridgehead atoms. The zero-order chi connectivity index (χ0) is 15.4. The Morgan fingerprint density at radius 2 is 1.91 bits per heavy atom. The summed E-state index contributed by atoms with van der Waals surface area (Å²) >= 11 is 0. The van der Waals surface area contributed by atoms with Gasteiger partial charge in [-0.25, -0.2) is 4.39 Å². The second-order valence-electron chi connectivity index (χ2n) is 5.21. The Balaban J connectivity index is 1.59. The van der Waals surface area contributed by atoms with Crippen LogP contribution in [0.2, 0.25) is 0 Å². The number of fused-ring (bicyclic) bond motifs is 1. The summed E-state index contributed by atoms with van der Waals surface area (Å²) < 4.78 is 13.5. The van der Waals surface area contributed by atoms with Crippen molar-refractivity contribution in [1.29, 1.82) is 0 Å². The van der Waals surface area contributed by atoms with Gasteiger partial charge in [-0.1, -0.05) is 36.4 Å². The van der Waals surface area contributed by atoms with E-state index in [2.05, 4.69) is 10.6 Å². The summed E-state index contributed by atoms with van der Waals surface area (Å²) in [6.07, 6.45) is 2.37. The molecule has 0 aromatic heterocycles. The molecule has 0 saturated carbocycles. The van der Waals surface area contributed by atoms with Crippen molar-refractivity contribution in [1.82, 2.24) is 5.32 Å². The van der Waals surface area contributed by atoms with Crippen molar-refractivity contribution in [3.05, 3.63) is 71.0 Å². The van der Waals surface area contributed by atoms with Gasteiger partial charge in [0.1, 0.15) is 5.82 Å². The van der Waals surface area contributed by atoms with E-state index in [0.717, 1.165) is 11.3 Å². The zero-order valence-corrected chi connectivity index (χ0v) is 12.1. The Morgan fingerprint density at radius 1 is 1.14 bits per heavy atom. The third-order valence-electron chi connectivity index (χ3n) is 3.69. The fourth-order valence-electron chi connectivity index (χ4n) is 2.48. The van der Waals surface area contributed by atoms with Gasteiger partial charge in [-0.15, -0.1) is 0 Å². The molecule has 0 aliphatic carbocycles. The Bertz CT molecular complexity index is 725. The predicted octanol–water partition coefficient (Wildman–Crippen LogP) is 2.99. The first-order valence-corrected chi connectivity index (χ1v) is 7.29. The number of nitrogens with one attached hydrogen (secondary N) is 2. The lowest BCUT2D eigenvalue weighted by Crippen LogP contribution is -2.30. The molecule has 2 aromatic rings. The Hall–Kier alpha value is -2.62. The van der Waals surface area contributed by atoms with E-state index in [9.17, 15) is 9.18 Å². The highest BCUT2D eigenvalue weighted by molar-refractivity contribution is 6.00. The van der Waals surface area contributed by atoms with Gasteiger partial charge in [0.15, 0.2) is 0 Å². The van der Waals surface area contributed by atoms with Crippen LogP contribution in [0, 0.1) is 5.82 Å². The van der Waals surface area contributed by atoms with Crippen LogP contribution in [-0.2, 0) is 11.2 Å². The van der Waals surface area contributed by atoms with Crippen LogP contribution in [0.5, 0.6) is 0 Å². The van der Waals surface area contributed by atoms with Crippen LogP contribution in [0.25, 0.3) is 6.08 Å². The second kappa shape index (κ2) is 6.43. The molecule has 4 heteroatoms. The van der Waals surface area contributed by atoms with Crippen LogP contribution in [0.4, 0.5) is 10.1 Å². The number of benzene rings is 2. The maximum atomic E-state index is 13.5. The van der Waals surface area contributed by atoms with E-state index in [0.29, 0.717) is 30.6 Å². The Labute approximate surface area is 128 Å². The van der Waals surface area contributed by atoms with Crippen molar-refractivity contribution >= 4 is 17.7 Å². The predicted molar refractivity (Wildman–Crippen MR) is 86.0 cm³/mol. The smallest absolute Gasteiger partial charge is 0.249 e. The van der Waals surface area contributed by atoms with Crippen LogP contribution in [-0.4, -0.2) is 19.0 Å². The summed E-state index contributed by atoms with van der Waals surface area (Å²) in [5.74, 6) is -0.345. The van der Waals surface area contributed by atoms with Gasteiger partial charge in [-0.05, 0) is 35.8 Å². The lowest BCUT2D eigenvalue weighted by Gasteiger charge is -2.18. The molecule has 3 nitrogen and oxygen atoms in total. The first-order valence-electron chi connectivity index (χ1n) is 7.29. The van der Waals surface area contributed by atoms with Gasteiger partial charge in [-0.3, -0.25) is 4.79 Å². The van der Waals surface area contributed by atoms with Gasteiger partial charge >= 0.3 is 0 Å². The molecule has 2 aromatic carbocycles. The van der Waals surface area contributed by atoms with Crippen molar-refractivity contribution < 1.29 is 9.18 Å². The first kappa shape index (κ1) is 14.3. The molecular formula is C18H17FN2O. The Kier molecular flexibility index (Phi) is 4.19. The van der Waals surface area contributed by atoms with Crippen molar-refractivity contribution in [3.63, 3.8) is 0 Å². The summed E-state index contributed by atoms with van der Waals surface area (Å²) in [6.45, 7) is 0.918. The number of carbonyl (C=O) groups excluding carboxylic acids is 1. The van der Waals surface area contributed by atoms with E-state index in [-0.39, 0.29) is 11.7 Å². The molecule has 112 valence electrons. The summed E-state index contributed by atoms with van der Waals surface area (Å²) in [4.78, 5) is 12.2. The molecule has 2 N–H and O–H groups in total. The molecule has 0 fully saturated rings. The topological polar surface area (TPSA) is 41.1 Å². The van der Waals surface area contributed by atoms with Crippen LogP contribution in [0.1, 0.15) is 11.1 Å². The van der Waals surface area contributed by atoms with Crippen molar-refractivity contribution in [3.8, 4) is 0 Å². The number of anilines is 1. The molecule has 3 rings (SSSR count). The van der Waals surface area contributed by atoms with Gasteiger partial charge in [0.25, 0.3) is 0 Å². The molecule has 1 aliphatic rings. The minimum Gasteiger partial charge on any atom is -0.380 e. The highest BCUT2D eigenvalue weighted by atomic mass is 19.1. The number of para-hydroxylation sites is 1. The lowest BCUT2D eigenvalue weighted by molar-refractivity contribution is -0.117. The van der Waals surface area contributed by atoms with Gasteiger partial charge in [0.05, 0.1) is 0 Å². The first-order chi connectivity index (χ1) is 10.7. The van der Waals surface area contributed by atoms with Crippen molar-refractivity contribution in [2.45, 2.75) is 6.42 Å². The summed E-state index contributed by atoms with van der Waals surface area (Å²) in [5, 5.41) is 6.07. The van der Waals surface area contributed by atoms with Crippen LogP contribution in [0.15, 0.2) is 54.1 Å². The second-order valence-corrected chi connectivity index (χ2v) is 5.21. The number of hydrogen-bond donors (Lipinski definition) is 2.